The minimum Gasteiger partial charge on any atom is -0.465 e. The molecule has 29 heavy (non-hydrogen) atoms. The lowest BCUT2D eigenvalue weighted by atomic mass is 9.90. The van der Waals surface area contributed by atoms with Crippen LogP contribution in [0, 0.1) is 12.8 Å². The lowest BCUT2D eigenvalue weighted by Crippen LogP contribution is -2.40. The van der Waals surface area contributed by atoms with Crippen molar-refractivity contribution in [2.24, 2.45) is 5.92 Å². The van der Waals surface area contributed by atoms with E-state index in [1.165, 1.54) is 23.6 Å². The molecule has 5 nitrogen and oxygen atoms in total. The lowest BCUT2D eigenvalue weighted by molar-refractivity contribution is -0.132. The van der Waals surface area contributed by atoms with Crippen molar-refractivity contribution in [2.45, 2.75) is 39.0 Å². The Morgan fingerprint density at radius 1 is 1.17 bits per heavy atom. The van der Waals surface area contributed by atoms with E-state index in [1.54, 1.807) is 24.5 Å². The van der Waals surface area contributed by atoms with Gasteiger partial charge in [0, 0.05) is 32.1 Å². The van der Waals surface area contributed by atoms with Gasteiger partial charge < -0.3 is 14.6 Å². The topological polar surface area (TPSA) is 62.6 Å². The van der Waals surface area contributed by atoms with Crippen LogP contribution in [0.3, 0.4) is 0 Å². The molecule has 1 aliphatic rings. The Bertz CT molecular complexity index is 801. The predicted octanol–water partition coefficient (Wildman–Crippen LogP) is 3.98. The van der Waals surface area contributed by atoms with Crippen LogP contribution in [0.4, 0.5) is 0 Å². The van der Waals surface area contributed by atoms with Crippen molar-refractivity contribution in [1.29, 1.82) is 0 Å². The zero-order chi connectivity index (χ0) is 20.5. The molecule has 1 aliphatic heterocycles. The van der Waals surface area contributed by atoms with Crippen LogP contribution in [0.1, 0.15) is 42.6 Å². The number of likely N-dealkylation sites (tertiary alicyclic amines) is 1. The molecule has 2 amide bonds. The monoisotopic (exact) mass is 394 g/mol. The Hall–Kier alpha value is -2.82. The highest BCUT2D eigenvalue weighted by Gasteiger charge is 2.22. The zero-order valence-corrected chi connectivity index (χ0v) is 17.1. The molecule has 2 aromatic rings. The second-order valence-electron chi connectivity index (χ2n) is 7.74. The molecule has 5 heteroatoms. The van der Waals surface area contributed by atoms with Crippen molar-refractivity contribution in [3.63, 3.8) is 0 Å². The number of carbonyl (C=O) groups is 2. The number of piperidine rings is 1. The highest BCUT2D eigenvalue weighted by atomic mass is 16.3. The first kappa shape index (κ1) is 20.9. The van der Waals surface area contributed by atoms with E-state index < -0.39 is 0 Å². The van der Waals surface area contributed by atoms with E-state index in [0.717, 1.165) is 32.4 Å². The summed E-state index contributed by atoms with van der Waals surface area (Å²) in [4.78, 5) is 26.1. The summed E-state index contributed by atoms with van der Waals surface area (Å²) in [5.74, 6) is 1.22. The molecule has 1 aromatic heterocycles. The van der Waals surface area contributed by atoms with Gasteiger partial charge in [-0.05, 0) is 62.3 Å². The summed E-state index contributed by atoms with van der Waals surface area (Å²) in [6, 6.07) is 12.3. The van der Waals surface area contributed by atoms with E-state index in [9.17, 15) is 9.59 Å². The van der Waals surface area contributed by atoms with Crippen LogP contribution in [-0.4, -0.2) is 36.3 Å². The first-order valence-electron chi connectivity index (χ1n) is 10.4. The maximum absolute atomic E-state index is 12.4. The van der Waals surface area contributed by atoms with Crippen LogP contribution in [0.2, 0.25) is 0 Å². The molecule has 1 aromatic carbocycles. The zero-order valence-electron chi connectivity index (χ0n) is 17.1. The third-order valence-corrected chi connectivity index (χ3v) is 5.51. The summed E-state index contributed by atoms with van der Waals surface area (Å²) >= 11 is 0. The SMILES string of the molecule is Cc1ccc(CCC2CCN(C(=O)CCNC(=O)/C=C/c3ccco3)CC2)cc1. The van der Waals surface area contributed by atoms with Gasteiger partial charge in [-0.1, -0.05) is 29.8 Å². The van der Waals surface area contributed by atoms with E-state index >= 15 is 0 Å². The normalized spacial score (nSPS) is 15.0. The Kier molecular flexibility index (Phi) is 7.68. The Labute approximate surface area is 172 Å². The van der Waals surface area contributed by atoms with Crippen molar-refractivity contribution in [3.05, 3.63) is 65.6 Å². The summed E-state index contributed by atoms with van der Waals surface area (Å²) in [5.41, 5.74) is 2.69. The van der Waals surface area contributed by atoms with Gasteiger partial charge in [0.1, 0.15) is 5.76 Å². The summed E-state index contributed by atoms with van der Waals surface area (Å²) < 4.78 is 5.13. The van der Waals surface area contributed by atoms with E-state index in [4.69, 9.17) is 4.42 Å². The number of aryl methyl sites for hydroxylation is 2. The van der Waals surface area contributed by atoms with Gasteiger partial charge in [0.2, 0.25) is 11.8 Å². The highest BCUT2D eigenvalue weighted by molar-refractivity contribution is 5.91. The van der Waals surface area contributed by atoms with E-state index in [1.807, 2.05) is 4.90 Å². The Balaban J connectivity index is 1.30. The first-order chi connectivity index (χ1) is 14.1. The Morgan fingerprint density at radius 2 is 1.93 bits per heavy atom. The Morgan fingerprint density at radius 3 is 2.62 bits per heavy atom. The van der Waals surface area contributed by atoms with Crippen LogP contribution in [0.5, 0.6) is 0 Å². The third kappa shape index (κ3) is 6.93. The highest BCUT2D eigenvalue weighted by Crippen LogP contribution is 2.23. The number of nitrogens with zero attached hydrogens (tertiary/aromatic N) is 1. The molecule has 0 spiro atoms. The molecule has 0 radical (unpaired) electrons. The molecule has 1 fully saturated rings. The molecule has 0 aliphatic carbocycles. The number of amides is 2. The number of hydrogen-bond donors (Lipinski definition) is 1. The number of benzene rings is 1. The van der Waals surface area contributed by atoms with Crippen LogP contribution in [0.15, 0.2) is 53.2 Å². The second kappa shape index (κ2) is 10.6. The average Bonchev–Trinajstić information content (AvgIpc) is 3.26. The van der Waals surface area contributed by atoms with Gasteiger partial charge in [0.25, 0.3) is 0 Å². The van der Waals surface area contributed by atoms with Gasteiger partial charge in [-0.25, -0.2) is 0 Å². The van der Waals surface area contributed by atoms with Gasteiger partial charge in [-0.15, -0.1) is 0 Å². The van der Waals surface area contributed by atoms with Crippen molar-refractivity contribution < 1.29 is 14.0 Å². The van der Waals surface area contributed by atoms with E-state index in [2.05, 4.69) is 36.5 Å². The lowest BCUT2D eigenvalue weighted by Gasteiger charge is -2.32. The quantitative estimate of drug-likeness (QED) is 0.689. The largest absolute Gasteiger partial charge is 0.465 e. The predicted molar refractivity (Wildman–Crippen MR) is 114 cm³/mol. The maximum atomic E-state index is 12.4. The molecule has 154 valence electrons. The van der Waals surface area contributed by atoms with Crippen molar-refractivity contribution in [2.75, 3.05) is 19.6 Å². The van der Waals surface area contributed by atoms with Crippen LogP contribution >= 0.6 is 0 Å². The van der Waals surface area contributed by atoms with Gasteiger partial charge in [0.15, 0.2) is 0 Å². The molecular weight excluding hydrogens is 364 g/mol. The van der Waals surface area contributed by atoms with Gasteiger partial charge in [-0.3, -0.25) is 9.59 Å². The van der Waals surface area contributed by atoms with Gasteiger partial charge in [-0.2, -0.15) is 0 Å². The second-order valence-corrected chi connectivity index (χ2v) is 7.74. The van der Waals surface area contributed by atoms with Crippen LogP contribution in [-0.2, 0) is 16.0 Å². The smallest absolute Gasteiger partial charge is 0.244 e. The molecule has 2 heterocycles. The number of hydrogen-bond acceptors (Lipinski definition) is 3. The number of rotatable bonds is 8. The molecule has 0 bridgehead atoms. The molecular formula is C24H30N2O3. The van der Waals surface area contributed by atoms with Crippen molar-refractivity contribution >= 4 is 17.9 Å². The van der Waals surface area contributed by atoms with Gasteiger partial charge >= 0.3 is 0 Å². The molecule has 1 saturated heterocycles. The molecule has 0 atom stereocenters. The van der Waals surface area contributed by atoms with Crippen LogP contribution < -0.4 is 5.32 Å². The van der Waals surface area contributed by atoms with E-state index in [-0.39, 0.29) is 11.8 Å². The maximum Gasteiger partial charge on any atom is 0.244 e. The molecule has 3 rings (SSSR count). The molecule has 0 unspecified atom stereocenters. The minimum atomic E-state index is -0.219. The van der Waals surface area contributed by atoms with Crippen molar-refractivity contribution in [1.82, 2.24) is 10.2 Å². The fourth-order valence-corrected chi connectivity index (χ4v) is 3.65. The summed E-state index contributed by atoms with van der Waals surface area (Å²) in [6.07, 6.45) is 9.35. The first-order valence-corrected chi connectivity index (χ1v) is 10.4. The van der Waals surface area contributed by atoms with E-state index in [0.29, 0.717) is 24.6 Å². The fraction of sp³-hybridized carbons (Fsp3) is 0.417. The minimum absolute atomic E-state index is 0.122. The molecule has 1 N–H and O–H groups in total. The fourth-order valence-electron chi connectivity index (χ4n) is 3.65. The standard InChI is InChI=1S/C24H30N2O3/c1-19-4-6-20(7-5-19)8-9-21-13-16-26(17-14-21)24(28)12-15-25-23(27)11-10-22-3-2-18-29-22/h2-7,10-11,18,21H,8-9,12-17H2,1H3,(H,25,27)/b11-10+. The summed E-state index contributed by atoms with van der Waals surface area (Å²) in [7, 11) is 0. The molecule has 0 saturated carbocycles. The van der Waals surface area contributed by atoms with Crippen molar-refractivity contribution in [3.8, 4) is 0 Å². The van der Waals surface area contributed by atoms with Crippen LogP contribution in [0.25, 0.3) is 6.08 Å². The number of carbonyl (C=O) groups excluding carboxylic acids is 2. The number of nitrogens with one attached hydrogen (secondary N) is 1. The number of furan rings is 1. The summed E-state index contributed by atoms with van der Waals surface area (Å²) in [6.45, 7) is 4.11. The average molecular weight is 395 g/mol. The van der Waals surface area contributed by atoms with Gasteiger partial charge in [0.05, 0.1) is 6.26 Å². The third-order valence-electron chi connectivity index (χ3n) is 5.51. The summed E-state index contributed by atoms with van der Waals surface area (Å²) in [5, 5.41) is 2.75.